The summed E-state index contributed by atoms with van der Waals surface area (Å²) >= 11 is 0. The molecule has 0 radical (unpaired) electrons. The number of hydrogen-bond donors (Lipinski definition) is 3. The minimum atomic E-state index is -0.671. The molecule has 0 aliphatic rings. The summed E-state index contributed by atoms with van der Waals surface area (Å²) < 4.78 is 0. The first-order valence-corrected chi connectivity index (χ1v) is 23.5. The van der Waals surface area contributed by atoms with E-state index < -0.39 is 12.1 Å². The molecule has 0 spiro atoms. The number of aliphatic hydroxyl groups excluding tert-OH is 2. The molecule has 54 heavy (non-hydrogen) atoms. The summed E-state index contributed by atoms with van der Waals surface area (Å²) in [5, 5.41) is 23.2. The number of rotatable bonds is 42. The first-order valence-electron chi connectivity index (χ1n) is 23.5. The van der Waals surface area contributed by atoms with Crippen LogP contribution in [-0.2, 0) is 4.79 Å². The fraction of sp³-hybridized carbons (Fsp3) is 0.780. The highest BCUT2D eigenvalue weighted by atomic mass is 16.3. The summed E-state index contributed by atoms with van der Waals surface area (Å²) in [4.78, 5) is 12.4. The van der Waals surface area contributed by atoms with Gasteiger partial charge in [-0.1, -0.05) is 229 Å². The van der Waals surface area contributed by atoms with Crippen LogP contribution in [0.1, 0.15) is 232 Å². The second kappa shape index (κ2) is 45.5. The molecule has 0 aromatic heterocycles. The van der Waals surface area contributed by atoms with Gasteiger partial charge in [0.05, 0.1) is 18.8 Å². The zero-order chi connectivity index (χ0) is 39.3. The Morgan fingerprint density at radius 1 is 0.463 bits per heavy atom. The quantitative estimate of drug-likeness (QED) is 0.0429. The van der Waals surface area contributed by atoms with E-state index in [4.69, 9.17) is 0 Å². The number of nitrogens with one attached hydrogen (secondary N) is 1. The van der Waals surface area contributed by atoms with E-state index in [1.807, 2.05) is 0 Å². The highest BCUT2D eigenvalue weighted by Gasteiger charge is 2.20. The van der Waals surface area contributed by atoms with Crippen LogP contribution in [0.5, 0.6) is 0 Å². The van der Waals surface area contributed by atoms with Gasteiger partial charge in [-0.05, 0) is 57.8 Å². The Labute approximate surface area is 336 Å². The van der Waals surface area contributed by atoms with E-state index in [-0.39, 0.29) is 12.5 Å². The molecule has 0 aromatic carbocycles. The Hall–Kier alpha value is -1.91. The van der Waals surface area contributed by atoms with Gasteiger partial charge in [-0.25, -0.2) is 0 Å². The van der Waals surface area contributed by atoms with Crippen molar-refractivity contribution in [2.75, 3.05) is 6.61 Å². The van der Waals surface area contributed by atoms with Crippen molar-refractivity contribution in [3.05, 3.63) is 60.8 Å². The summed E-state index contributed by atoms with van der Waals surface area (Å²) in [6.45, 7) is 4.25. The van der Waals surface area contributed by atoms with Crippen LogP contribution in [0.3, 0.4) is 0 Å². The fourth-order valence-electron chi connectivity index (χ4n) is 6.98. The Morgan fingerprint density at radius 3 is 1.22 bits per heavy atom. The molecular weight excluding hydrogens is 663 g/mol. The van der Waals surface area contributed by atoms with Crippen LogP contribution in [0.2, 0.25) is 0 Å². The van der Waals surface area contributed by atoms with Crippen molar-refractivity contribution in [2.45, 2.75) is 244 Å². The third-order valence-electron chi connectivity index (χ3n) is 10.5. The molecule has 0 aliphatic heterocycles. The van der Waals surface area contributed by atoms with Crippen LogP contribution < -0.4 is 5.32 Å². The van der Waals surface area contributed by atoms with Crippen molar-refractivity contribution < 1.29 is 15.0 Å². The van der Waals surface area contributed by atoms with Crippen LogP contribution in [0, 0.1) is 0 Å². The zero-order valence-corrected chi connectivity index (χ0v) is 36.0. The van der Waals surface area contributed by atoms with Gasteiger partial charge in [0.2, 0.25) is 5.91 Å². The fourth-order valence-corrected chi connectivity index (χ4v) is 6.98. The molecule has 0 fully saturated rings. The number of amides is 1. The van der Waals surface area contributed by atoms with E-state index in [2.05, 4.69) is 79.9 Å². The molecule has 1 amide bonds. The van der Waals surface area contributed by atoms with Gasteiger partial charge in [0.1, 0.15) is 0 Å². The minimum absolute atomic E-state index is 0.0503. The van der Waals surface area contributed by atoms with Gasteiger partial charge in [0, 0.05) is 6.42 Å². The number of allylic oxidation sites excluding steroid dienone is 10. The average molecular weight is 754 g/mol. The van der Waals surface area contributed by atoms with Gasteiger partial charge in [0.15, 0.2) is 0 Å². The maximum absolute atomic E-state index is 12.4. The van der Waals surface area contributed by atoms with E-state index in [0.717, 1.165) is 70.6 Å². The number of aliphatic hydroxyl groups is 2. The smallest absolute Gasteiger partial charge is 0.220 e. The Kier molecular flexibility index (Phi) is 43.9. The predicted molar refractivity (Wildman–Crippen MR) is 239 cm³/mol. The third-order valence-corrected chi connectivity index (χ3v) is 10.5. The predicted octanol–water partition coefficient (Wildman–Crippen LogP) is 14.9. The Balaban J connectivity index is 3.57. The first kappa shape index (κ1) is 52.1. The zero-order valence-electron chi connectivity index (χ0n) is 36.0. The molecule has 3 N–H and O–H groups in total. The molecule has 4 heteroatoms. The molecule has 2 unspecified atom stereocenters. The normalized spacial score (nSPS) is 13.5. The highest BCUT2D eigenvalue weighted by Crippen LogP contribution is 2.16. The topological polar surface area (TPSA) is 69.6 Å². The van der Waals surface area contributed by atoms with Crippen LogP contribution in [0.15, 0.2) is 60.8 Å². The molecule has 2 atom stereocenters. The summed E-state index contributed by atoms with van der Waals surface area (Å²) in [6, 6.07) is -0.550. The van der Waals surface area contributed by atoms with Gasteiger partial charge in [-0.15, -0.1) is 0 Å². The standard InChI is InChI=1S/C50H91NO3/c1-3-5-7-9-11-13-15-17-19-21-23-25-27-29-31-33-35-37-39-41-43-45-49(53)48(47-52)51-50(54)46-44-42-40-38-36-34-32-30-28-26-24-22-20-18-16-14-12-10-8-6-4-2/h6,8,12,14,18,20,24,26,30,32,48-49,52-53H,3-5,7,9-11,13,15-17,19,21-23,25,27-29,31,33-47H2,1-2H3,(H,51,54)/b8-6-,14-12-,20-18-,26-24-,32-30-. The molecule has 0 heterocycles. The second-order valence-corrected chi connectivity index (χ2v) is 15.8. The SMILES string of the molecule is CC/C=C\C/C=C\C/C=C\C/C=C\C/C=C\CCCCCCCC(=O)NC(CO)C(O)CCCCCCCCCCCCCCCCCCCCCCC. The largest absolute Gasteiger partial charge is 0.394 e. The van der Waals surface area contributed by atoms with E-state index in [0.29, 0.717) is 12.8 Å². The molecule has 0 aliphatic carbocycles. The second-order valence-electron chi connectivity index (χ2n) is 15.8. The maximum atomic E-state index is 12.4. The van der Waals surface area contributed by atoms with Gasteiger partial charge in [-0.3, -0.25) is 4.79 Å². The lowest BCUT2D eigenvalue weighted by Gasteiger charge is -2.22. The van der Waals surface area contributed by atoms with Crippen molar-refractivity contribution in [2.24, 2.45) is 0 Å². The lowest BCUT2D eigenvalue weighted by Crippen LogP contribution is -2.45. The Morgan fingerprint density at radius 2 is 0.815 bits per heavy atom. The summed E-state index contributed by atoms with van der Waals surface area (Å²) in [5.74, 6) is -0.0503. The third kappa shape index (κ3) is 41.3. The molecule has 0 rings (SSSR count). The molecule has 314 valence electrons. The van der Waals surface area contributed by atoms with Gasteiger partial charge < -0.3 is 15.5 Å². The van der Waals surface area contributed by atoms with Crippen LogP contribution >= 0.6 is 0 Å². The van der Waals surface area contributed by atoms with E-state index >= 15 is 0 Å². The maximum Gasteiger partial charge on any atom is 0.220 e. The van der Waals surface area contributed by atoms with Gasteiger partial charge >= 0.3 is 0 Å². The summed E-state index contributed by atoms with van der Waals surface area (Å²) in [7, 11) is 0. The van der Waals surface area contributed by atoms with E-state index in [9.17, 15) is 15.0 Å². The monoisotopic (exact) mass is 754 g/mol. The molecule has 0 bridgehead atoms. The van der Waals surface area contributed by atoms with Crippen molar-refractivity contribution in [1.29, 1.82) is 0 Å². The lowest BCUT2D eigenvalue weighted by atomic mass is 10.0. The van der Waals surface area contributed by atoms with E-state index in [1.165, 1.54) is 135 Å². The summed E-state index contributed by atoms with van der Waals surface area (Å²) in [6.07, 6.45) is 63.0. The van der Waals surface area contributed by atoms with Crippen LogP contribution in [0.25, 0.3) is 0 Å². The first-order chi connectivity index (χ1) is 26.7. The minimum Gasteiger partial charge on any atom is -0.394 e. The molecule has 0 aromatic rings. The number of unbranched alkanes of at least 4 members (excludes halogenated alkanes) is 25. The Bertz CT molecular complexity index is 904. The molecule has 0 saturated heterocycles. The van der Waals surface area contributed by atoms with Gasteiger partial charge in [-0.2, -0.15) is 0 Å². The number of hydrogen-bond acceptors (Lipinski definition) is 3. The van der Waals surface area contributed by atoms with Crippen molar-refractivity contribution in [3.63, 3.8) is 0 Å². The number of carbonyl (C=O) groups excluding carboxylic acids is 1. The van der Waals surface area contributed by atoms with Crippen LogP contribution in [-0.4, -0.2) is 34.9 Å². The number of carbonyl (C=O) groups is 1. The molecule has 4 nitrogen and oxygen atoms in total. The highest BCUT2D eigenvalue weighted by molar-refractivity contribution is 5.76. The van der Waals surface area contributed by atoms with Crippen molar-refractivity contribution in [3.8, 4) is 0 Å². The molecular formula is C50H91NO3. The lowest BCUT2D eigenvalue weighted by molar-refractivity contribution is -0.123. The van der Waals surface area contributed by atoms with Crippen LogP contribution in [0.4, 0.5) is 0 Å². The van der Waals surface area contributed by atoms with Gasteiger partial charge in [0.25, 0.3) is 0 Å². The average Bonchev–Trinajstić information content (AvgIpc) is 3.18. The van der Waals surface area contributed by atoms with Crippen molar-refractivity contribution in [1.82, 2.24) is 5.32 Å². The van der Waals surface area contributed by atoms with Crippen molar-refractivity contribution >= 4 is 5.91 Å². The van der Waals surface area contributed by atoms with E-state index in [1.54, 1.807) is 0 Å². The molecule has 0 saturated carbocycles. The summed E-state index contributed by atoms with van der Waals surface area (Å²) in [5.41, 5.74) is 0.